The van der Waals surface area contributed by atoms with E-state index in [2.05, 4.69) is 5.32 Å². The van der Waals surface area contributed by atoms with Gasteiger partial charge in [0.2, 0.25) is 10.0 Å². The molecule has 0 heterocycles. The van der Waals surface area contributed by atoms with Crippen LogP contribution < -0.4 is 10.5 Å². The van der Waals surface area contributed by atoms with Crippen LogP contribution in [-0.2, 0) is 16.6 Å². The fourth-order valence-electron chi connectivity index (χ4n) is 1.87. The van der Waals surface area contributed by atoms with Crippen LogP contribution in [0.15, 0.2) is 47.4 Å². The Kier molecular flexibility index (Phi) is 5.08. The number of halogens is 2. The summed E-state index contributed by atoms with van der Waals surface area (Å²) in [6.07, 6.45) is 0. The highest BCUT2D eigenvalue weighted by atomic mass is 35.5. The summed E-state index contributed by atoms with van der Waals surface area (Å²) < 4.78 is 22.9. The highest BCUT2D eigenvalue weighted by molar-refractivity contribution is 7.89. The van der Waals surface area contributed by atoms with E-state index < -0.39 is 15.3 Å². The Morgan fingerprint density at radius 2 is 1.82 bits per heavy atom. The van der Waals surface area contributed by atoms with Crippen LogP contribution >= 0.6 is 23.2 Å². The molecule has 2 aromatic rings. The summed E-state index contributed by atoms with van der Waals surface area (Å²) in [5.41, 5.74) is 1.30. The van der Waals surface area contributed by atoms with Crippen molar-refractivity contribution in [3.63, 3.8) is 0 Å². The molecular weight excluding hydrogens is 347 g/mol. The molecule has 0 aliphatic heterocycles. The van der Waals surface area contributed by atoms with Crippen LogP contribution in [0.2, 0.25) is 5.02 Å². The molecule has 0 saturated carbocycles. The molecule has 0 spiro atoms. The van der Waals surface area contributed by atoms with Gasteiger partial charge in [-0.15, -0.1) is 0 Å². The van der Waals surface area contributed by atoms with Crippen LogP contribution in [-0.4, -0.2) is 13.7 Å². The third-order valence-electron chi connectivity index (χ3n) is 2.92. The first-order valence-electron chi connectivity index (χ1n) is 6.13. The van der Waals surface area contributed by atoms with Crippen molar-refractivity contribution < 1.29 is 13.2 Å². The number of nitrogens with one attached hydrogen (secondary N) is 1. The van der Waals surface area contributed by atoms with Crippen molar-refractivity contribution in [3.8, 4) is 0 Å². The molecule has 0 aromatic heterocycles. The molecular formula is C14H12Cl2N2O3S. The van der Waals surface area contributed by atoms with Crippen molar-refractivity contribution in [2.45, 2.75) is 11.4 Å². The van der Waals surface area contributed by atoms with Gasteiger partial charge in [-0.2, -0.15) is 0 Å². The number of benzene rings is 2. The number of primary sulfonamides is 1. The first-order chi connectivity index (χ1) is 10.3. The number of rotatable bonds is 5. The second-order valence-corrected chi connectivity index (χ2v) is 6.77. The van der Waals surface area contributed by atoms with Crippen LogP contribution in [0.4, 0.5) is 5.69 Å². The normalized spacial score (nSPS) is 11.2. The van der Waals surface area contributed by atoms with Crippen molar-refractivity contribution in [2.75, 3.05) is 5.32 Å². The van der Waals surface area contributed by atoms with Crippen molar-refractivity contribution in [3.05, 3.63) is 58.6 Å². The molecule has 0 bridgehead atoms. The minimum absolute atomic E-state index is 0.00831. The van der Waals surface area contributed by atoms with Gasteiger partial charge in [0.05, 0.1) is 10.6 Å². The van der Waals surface area contributed by atoms with E-state index in [0.29, 0.717) is 12.2 Å². The average molecular weight is 359 g/mol. The van der Waals surface area contributed by atoms with Gasteiger partial charge in [0.25, 0.3) is 5.24 Å². The Balaban J connectivity index is 2.39. The van der Waals surface area contributed by atoms with E-state index in [1.807, 2.05) is 30.3 Å². The van der Waals surface area contributed by atoms with Crippen LogP contribution in [0.25, 0.3) is 0 Å². The molecule has 0 atom stereocenters. The van der Waals surface area contributed by atoms with Gasteiger partial charge < -0.3 is 5.32 Å². The van der Waals surface area contributed by atoms with E-state index in [0.717, 1.165) is 11.6 Å². The minimum Gasteiger partial charge on any atom is -0.380 e. The SMILES string of the molecule is NS(=O)(=O)c1cc(C(=O)Cl)c(NCc2ccccc2)cc1Cl. The number of nitrogens with two attached hydrogens (primary N) is 1. The van der Waals surface area contributed by atoms with Gasteiger partial charge in [-0.3, -0.25) is 4.79 Å². The topological polar surface area (TPSA) is 89.3 Å². The van der Waals surface area contributed by atoms with Gasteiger partial charge in [0, 0.05) is 12.2 Å². The molecule has 3 N–H and O–H groups in total. The number of carbonyl (C=O) groups excluding carboxylic acids is 1. The van der Waals surface area contributed by atoms with Crippen LogP contribution in [0.5, 0.6) is 0 Å². The minimum atomic E-state index is -4.04. The van der Waals surface area contributed by atoms with E-state index in [9.17, 15) is 13.2 Å². The molecule has 0 saturated heterocycles. The van der Waals surface area contributed by atoms with E-state index in [4.69, 9.17) is 28.3 Å². The fourth-order valence-corrected chi connectivity index (χ4v) is 3.13. The molecule has 0 amide bonds. The maximum Gasteiger partial charge on any atom is 0.254 e. The highest BCUT2D eigenvalue weighted by Crippen LogP contribution is 2.29. The summed E-state index contributed by atoms with van der Waals surface area (Å²) in [4.78, 5) is 11.2. The second-order valence-electron chi connectivity index (χ2n) is 4.49. The zero-order chi connectivity index (χ0) is 16.3. The molecule has 0 unspecified atom stereocenters. The van der Waals surface area contributed by atoms with Crippen molar-refractivity contribution in [1.29, 1.82) is 0 Å². The van der Waals surface area contributed by atoms with E-state index >= 15 is 0 Å². The molecule has 5 nitrogen and oxygen atoms in total. The number of hydrogen-bond donors (Lipinski definition) is 2. The monoisotopic (exact) mass is 358 g/mol. The maximum absolute atomic E-state index is 11.5. The van der Waals surface area contributed by atoms with Gasteiger partial charge in [-0.25, -0.2) is 13.6 Å². The zero-order valence-corrected chi connectivity index (χ0v) is 13.5. The van der Waals surface area contributed by atoms with Gasteiger partial charge >= 0.3 is 0 Å². The van der Waals surface area contributed by atoms with Crippen molar-refractivity contribution in [1.82, 2.24) is 0 Å². The Labute approximate surface area is 138 Å². The predicted molar refractivity (Wildman–Crippen MR) is 86.8 cm³/mol. The van der Waals surface area contributed by atoms with E-state index in [-0.39, 0.29) is 15.5 Å². The van der Waals surface area contributed by atoms with Gasteiger partial charge in [0.1, 0.15) is 4.90 Å². The van der Waals surface area contributed by atoms with Gasteiger partial charge in [0.15, 0.2) is 0 Å². The molecule has 116 valence electrons. The van der Waals surface area contributed by atoms with Crippen molar-refractivity contribution in [2.24, 2.45) is 5.14 Å². The third kappa shape index (κ3) is 3.98. The Bertz CT molecular complexity index is 808. The molecule has 0 aliphatic carbocycles. The first-order valence-corrected chi connectivity index (χ1v) is 8.43. The number of sulfonamides is 1. The highest BCUT2D eigenvalue weighted by Gasteiger charge is 2.19. The molecule has 8 heteroatoms. The number of anilines is 1. The largest absolute Gasteiger partial charge is 0.380 e. The lowest BCUT2D eigenvalue weighted by atomic mass is 10.1. The summed E-state index contributed by atoms with van der Waals surface area (Å²) in [7, 11) is -4.04. The Morgan fingerprint density at radius 3 is 2.36 bits per heavy atom. The summed E-state index contributed by atoms with van der Waals surface area (Å²) in [6, 6.07) is 11.8. The molecule has 0 radical (unpaired) electrons. The quantitative estimate of drug-likeness (QED) is 0.804. The third-order valence-corrected chi connectivity index (χ3v) is 4.50. The van der Waals surface area contributed by atoms with Crippen molar-refractivity contribution >= 4 is 44.2 Å². The lowest BCUT2D eigenvalue weighted by Gasteiger charge is -2.12. The van der Waals surface area contributed by atoms with Crippen LogP contribution in [0, 0.1) is 0 Å². The van der Waals surface area contributed by atoms with Crippen LogP contribution in [0.3, 0.4) is 0 Å². The lowest BCUT2D eigenvalue weighted by molar-refractivity contribution is 0.108. The van der Waals surface area contributed by atoms with Crippen LogP contribution in [0.1, 0.15) is 15.9 Å². The standard InChI is InChI=1S/C14H12Cl2N2O3S/c15-11-7-12(18-8-9-4-2-1-3-5-9)10(14(16)19)6-13(11)22(17,20)21/h1-7,18H,8H2,(H2,17,20,21). The summed E-state index contributed by atoms with van der Waals surface area (Å²) in [5, 5.41) is 7.17. The molecule has 0 aliphatic rings. The maximum atomic E-state index is 11.5. The van der Waals surface area contributed by atoms with Gasteiger partial charge in [-0.1, -0.05) is 41.9 Å². The summed E-state index contributed by atoms with van der Waals surface area (Å²) in [6.45, 7) is 0.420. The average Bonchev–Trinajstić information content (AvgIpc) is 2.44. The van der Waals surface area contributed by atoms with E-state index in [1.165, 1.54) is 6.07 Å². The molecule has 22 heavy (non-hydrogen) atoms. The molecule has 0 fully saturated rings. The predicted octanol–water partition coefficient (Wildman–Crippen LogP) is 2.98. The first kappa shape index (κ1) is 16.8. The lowest BCUT2D eigenvalue weighted by Crippen LogP contribution is -2.14. The second kappa shape index (κ2) is 6.66. The Morgan fingerprint density at radius 1 is 1.18 bits per heavy atom. The number of carbonyl (C=O) groups is 1. The van der Waals surface area contributed by atoms with Gasteiger partial charge in [-0.05, 0) is 29.3 Å². The Hall–Kier alpha value is -1.60. The molecule has 2 rings (SSSR count). The summed E-state index contributed by atoms with van der Waals surface area (Å²) >= 11 is 11.4. The fraction of sp³-hybridized carbons (Fsp3) is 0.0714. The summed E-state index contributed by atoms with van der Waals surface area (Å²) in [5.74, 6) is 0. The van der Waals surface area contributed by atoms with E-state index in [1.54, 1.807) is 0 Å². The zero-order valence-electron chi connectivity index (χ0n) is 11.2. The molecule has 2 aromatic carbocycles. The smallest absolute Gasteiger partial charge is 0.254 e. The number of hydrogen-bond acceptors (Lipinski definition) is 4.